The Morgan fingerprint density at radius 3 is 2.36 bits per heavy atom. The second kappa shape index (κ2) is 8.21. The molecule has 1 aromatic carbocycles. The van der Waals surface area contributed by atoms with Gasteiger partial charge in [0, 0.05) is 43.3 Å². The number of hydrogen-bond acceptors (Lipinski definition) is 3. The second-order valence-corrected chi connectivity index (χ2v) is 8.48. The van der Waals surface area contributed by atoms with E-state index in [1.807, 2.05) is 23.1 Å². The van der Waals surface area contributed by atoms with E-state index in [0.717, 1.165) is 42.7 Å². The Bertz CT molecular complexity index is 706. The van der Waals surface area contributed by atoms with E-state index >= 15 is 0 Å². The van der Waals surface area contributed by atoms with E-state index in [1.165, 1.54) is 10.4 Å². The first kappa shape index (κ1) is 18.2. The lowest BCUT2D eigenvalue weighted by Crippen LogP contribution is -2.49. The zero-order valence-corrected chi connectivity index (χ0v) is 16.2. The molecule has 0 aliphatic carbocycles. The number of thiophene rings is 1. The minimum atomic E-state index is -0.0175. The number of amides is 2. The summed E-state index contributed by atoms with van der Waals surface area (Å²) < 4.78 is 0.830. The number of carbonyl (C=O) groups excluding carboxylic acids is 1. The van der Waals surface area contributed by atoms with Gasteiger partial charge in [0.1, 0.15) is 0 Å². The van der Waals surface area contributed by atoms with E-state index in [4.69, 9.17) is 11.6 Å². The van der Waals surface area contributed by atoms with Gasteiger partial charge in [0.05, 0.1) is 4.34 Å². The zero-order chi connectivity index (χ0) is 17.8. The zero-order valence-electron chi connectivity index (χ0n) is 14.7. The van der Waals surface area contributed by atoms with Crippen molar-refractivity contribution in [3.8, 4) is 0 Å². The van der Waals surface area contributed by atoms with Gasteiger partial charge in [-0.2, -0.15) is 0 Å². The second-order valence-electron chi connectivity index (χ2n) is 6.68. The normalized spacial score (nSPS) is 15.6. The number of rotatable bonds is 4. The number of nitrogens with zero attached hydrogens (tertiary/aromatic N) is 2. The van der Waals surface area contributed by atoms with Crippen LogP contribution in [0.1, 0.15) is 30.2 Å². The third kappa shape index (κ3) is 4.97. The first-order chi connectivity index (χ1) is 12.0. The summed E-state index contributed by atoms with van der Waals surface area (Å²) in [5, 5.41) is 3.00. The number of benzene rings is 1. The summed E-state index contributed by atoms with van der Waals surface area (Å²) >= 11 is 7.61. The lowest BCUT2D eigenvalue weighted by molar-refractivity contribution is 0.143. The standard InChI is InChI=1S/C19H24ClN3OS/c1-14(2)15-3-5-16(6-4-15)21-19(24)23-11-9-22(10-12-23)13-17-7-8-18(20)25-17/h3-8,14H,9-13H2,1-2H3,(H,21,24). The van der Waals surface area contributed by atoms with E-state index in [1.54, 1.807) is 11.3 Å². The van der Waals surface area contributed by atoms with Gasteiger partial charge in [-0.1, -0.05) is 37.6 Å². The summed E-state index contributed by atoms with van der Waals surface area (Å²) in [5.74, 6) is 0.496. The van der Waals surface area contributed by atoms with Gasteiger partial charge in [0.15, 0.2) is 0 Å². The third-order valence-electron chi connectivity index (χ3n) is 4.50. The average Bonchev–Trinajstić information content (AvgIpc) is 3.01. The molecular weight excluding hydrogens is 354 g/mol. The van der Waals surface area contributed by atoms with Crippen LogP contribution < -0.4 is 5.32 Å². The number of anilines is 1. The fraction of sp³-hybridized carbons (Fsp3) is 0.421. The fourth-order valence-corrected chi connectivity index (χ4v) is 4.05. The van der Waals surface area contributed by atoms with Crippen molar-refractivity contribution >= 4 is 34.7 Å². The Morgan fingerprint density at radius 1 is 1.12 bits per heavy atom. The molecule has 25 heavy (non-hydrogen) atoms. The molecule has 134 valence electrons. The highest BCUT2D eigenvalue weighted by Crippen LogP contribution is 2.23. The van der Waals surface area contributed by atoms with Crippen LogP contribution >= 0.6 is 22.9 Å². The number of halogens is 1. The van der Waals surface area contributed by atoms with Crippen LogP contribution in [-0.2, 0) is 6.54 Å². The van der Waals surface area contributed by atoms with Gasteiger partial charge < -0.3 is 10.2 Å². The minimum absolute atomic E-state index is 0.0175. The lowest BCUT2D eigenvalue weighted by atomic mass is 10.0. The quantitative estimate of drug-likeness (QED) is 0.824. The molecule has 2 amide bonds. The third-order valence-corrected chi connectivity index (χ3v) is 5.71. The van der Waals surface area contributed by atoms with Crippen molar-refractivity contribution in [1.29, 1.82) is 0 Å². The van der Waals surface area contributed by atoms with Crippen LogP contribution in [0, 0.1) is 0 Å². The largest absolute Gasteiger partial charge is 0.322 e. The lowest BCUT2D eigenvalue weighted by Gasteiger charge is -2.34. The van der Waals surface area contributed by atoms with Gasteiger partial charge in [-0.3, -0.25) is 4.90 Å². The molecule has 2 aromatic rings. The van der Waals surface area contributed by atoms with Crippen molar-refractivity contribution < 1.29 is 4.79 Å². The molecule has 1 N–H and O–H groups in total. The summed E-state index contributed by atoms with van der Waals surface area (Å²) in [7, 11) is 0. The van der Waals surface area contributed by atoms with E-state index in [-0.39, 0.29) is 6.03 Å². The van der Waals surface area contributed by atoms with Crippen molar-refractivity contribution in [3.63, 3.8) is 0 Å². The highest BCUT2D eigenvalue weighted by molar-refractivity contribution is 7.16. The summed E-state index contributed by atoms with van der Waals surface area (Å²) in [4.78, 5) is 18.0. The summed E-state index contributed by atoms with van der Waals surface area (Å²) in [6.45, 7) is 8.49. The maximum Gasteiger partial charge on any atom is 0.321 e. The number of urea groups is 1. The molecule has 1 saturated heterocycles. The van der Waals surface area contributed by atoms with Crippen LogP contribution in [-0.4, -0.2) is 42.0 Å². The van der Waals surface area contributed by atoms with Crippen molar-refractivity contribution in [3.05, 3.63) is 51.2 Å². The Morgan fingerprint density at radius 2 is 1.80 bits per heavy atom. The monoisotopic (exact) mass is 377 g/mol. The molecule has 0 unspecified atom stereocenters. The molecule has 1 fully saturated rings. The molecule has 0 bridgehead atoms. The predicted octanol–water partition coefficient (Wildman–Crippen LogP) is 4.87. The molecule has 1 aliphatic rings. The minimum Gasteiger partial charge on any atom is -0.322 e. The Labute approximate surface area is 158 Å². The van der Waals surface area contributed by atoms with E-state index < -0.39 is 0 Å². The number of carbonyl (C=O) groups is 1. The fourth-order valence-electron chi connectivity index (χ4n) is 2.92. The van der Waals surface area contributed by atoms with Gasteiger partial charge in [0.2, 0.25) is 0 Å². The highest BCUT2D eigenvalue weighted by Gasteiger charge is 2.21. The van der Waals surface area contributed by atoms with Gasteiger partial charge >= 0.3 is 6.03 Å². The van der Waals surface area contributed by atoms with Gasteiger partial charge in [-0.25, -0.2) is 4.79 Å². The molecular formula is C19H24ClN3OS. The Balaban J connectivity index is 1.48. The van der Waals surface area contributed by atoms with Crippen LogP contribution in [0.25, 0.3) is 0 Å². The Kier molecular flexibility index (Phi) is 5.99. The molecule has 6 heteroatoms. The van der Waals surface area contributed by atoms with Gasteiger partial charge in [-0.05, 0) is 35.7 Å². The maximum atomic E-state index is 12.4. The van der Waals surface area contributed by atoms with Crippen LogP contribution in [0.5, 0.6) is 0 Å². The molecule has 2 heterocycles. The smallest absolute Gasteiger partial charge is 0.321 e. The molecule has 1 aromatic heterocycles. The highest BCUT2D eigenvalue weighted by atomic mass is 35.5. The molecule has 4 nitrogen and oxygen atoms in total. The van der Waals surface area contributed by atoms with Crippen molar-refractivity contribution in [2.24, 2.45) is 0 Å². The first-order valence-electron chi connectivity index (χ1n) is 8.64. The van der Waals surface area contributed by atoms with E-state index in [2.05, 4.69) is 42.3 Å². The Hall–Kier alpha value is -1.56. The summed E-state index contributed by atoms with van der Waals surface area (Å²) in [6.07, 6.45) is 0. The molecule has 0 radical (unpaired) electrons. The number of piperazine rings is 1. The van der Waals surface area contributed by atoms with Crippen LogP contribution in [0.3, 0.4) is 0 Å². The van der Waals surface area contributed by atoms with Gasteiger partial charge in [0.25, 0.3) is 0 Å². The number of nitrogens with one attached hydrogen (secondary N) is 1. The van der Waals surface area contributed by atoms with Crippen molar-refractivity contribution in [2.75, 3.05) is 31.5 Å². The summed E-state index contributed by atoms with van der Waals surface area (Å²) in [5.41, 5.74) is 2.13. The SMILES string of the molecule is CC(C)c1ccc(NC(=O)N2CCN(Cc3ccc(Cl)s3)CC2)cc1. The average molecular weight is 378 g/mol. The molecule has 3 rings (SSSR count). The first-order valence-corrected chi connectivity index (χ1v) is 9.83. The van der Waals surface area contributed by atoms with Crippen LogP contribution in [0.15, 0.2) is 36.4 Å². The molecule has 0 spiro atoms. The maximum absolute atomic E-state index is 12.4. The number of hydrogen-bond donors (Lipinski definition) is 1. The van der Waals surface area contributed by atoms with Crippen LogP contribution in [0.4, 0.5) is 10.5 Å². The molecule has 0 atom stereocenters. The molecule has 1 aliphatic heterocycles. The van der Waals surface area contributed by atoms with Crippen molar-refractivity contribution in [1.82, 2.24) is 9.80 Å². The topological polar surface area (TPSA) is 35.6 Å². The molecule has 0 saturated carbocycles. The van der Waals surface area contributed by atoms with E-state index in [9.17, 15) is 4.79 Å². The summed E-state index contributed by atoms with van der Waals surface area (Å²) in [6, 6.07) is 12.1. The van der Waals surface area contributed by atoms with Crippen LogP contribution in [0.2, 0.25) is 4.34 Å². The predicted molar refractivity (Wildman–Crippen MR) is 106 cm³/mol. The van der Waals surface area contributed by atoms with E-state index in [0.29, 0.717) is 5.92 Å². The van der Waals surface area contributed by atoms with Gasteiger partial charge in [-0.15, -0.1) is 11.3 Å². The van der Waals surface area contributed by atoms with Crippen molar-refractivity contribution in [2.45, 2.75) is 26.3 Å².